The van der Waals surface area contributed by atoms with Crippen LogP contribution in [0.4, 0.5) is 0 Å². The van der Waals surface area contributed by atoms with Gasteiger partial charge in [0.25, 0.3) is 0 Å². The molecule has 0 saturated heterocycles. The van der Waals surface area contributed by atoms with E-state index in [0.29, 0.717) is 5.56 Å². The zero-order valence-corrected chi connectivity index (χ0v) is 8.88. The first-order valence-corrected chi connectivity index (χ1v) is 4.85. The number of hydrogen-bond donors (Lipinski definition) is 2. The van der Waals surface area contributed by atoms with Crippen molar-refractivity contribution >= 4 is 11.9 Å². The fourth-order valence-electron chi connectivity index (χ4n) is 1.45. The first-order valence-electron chi connectivity index (χ1n) is 4.85. The number of nitrogens with zero attached hydrogens (tertiary/aromatic N) is 1. The van der Waals surface area contributed by atoms with Gasteiger partial charge in [0.1, 0.15) is 0 Å². The van der Waals surface area contributed by atoms with Crippen LogP contribution in [-0.4, -0.2) is 27.1 Å². The molecule has 0 amide bonds. The van der Waals surface area contributed by atoms with Crippen molar-refractivity contribution in [1.29, 1.82) is 0 Å². The summed E-state index contributed by atoms with van der Waals surface area (Å²) in [6, 6.07) is 3.46. The summed E-state index contributed by atoms with van der Waals surface area (Å²) in [5.74, 6) is -2.54. The molecule has 0 fully saturated rings. The zero-order chi connectivity index (χ0) is 12.1. The summed E-state index contributed by atoms with van der Waals surface area (Å²) >= 11 is 0. The highest BCUT2D eigenvalue weighted by Crippen LogP contribution is 2.22. The summed E-state index contributed by atoms with van der Waals surface area (Å²) in [5, 5.41) is 17.4. The minimum atomic E-state index is -1.01. The van der Waals surface area contributed by atoms with Crippen LogP contribution in [0.2, 0.25) is 0 Å². The van der Waals surface area contributed by atoms with Crippen LogP contribution in [0, 0.1) is 6.92 Å². The predicted molar refractivity (Wildman–Crippen MR) is 56.2 cm³/mol. The minimum Gasteiger partial charge on any atom is -0.481 e. The summed E-state index contributed by atoms with van der Waals surface area (Å²) in [4.78, 5) is 25.3. The summed E-state index contributed by atoms with van der Waals surface area (Å²) in [5.41, 5.74) is 1.46. The maximum Gasteiger partial charge on any atom is 0.303 e. The van der Waals surface area contributed by atoms with Crippen molar-refractivity contribution in [2.45, 2.75) is 25.7 Å². The SMILES string of the molecule is Cc1ccc(C(CC(=O)O)CC(=O)O)cn1. The molecule has 5 nitrogen and oxygen atoms in total. The third kappa shape index (κ3) is 3.68. The van der Waals surface area contributed by atoms with Crippen molar-refractivity contribution in [3.8, 4) is 0 Å². The number of aryl methyl sites for hydroxylation is 1. The first kappa shape index (κ1) is 12.2. The third-order valence-corrected chi connectivity index (χ3v) is 2.25. The van der Waals surface area contributed by atoms with E-state index < -0.39 is 17.9 Å². The number of aliphatic carboxylic acids is 2. The van der Waals surface area contributed by atoms with Crippen LogP contribution in [0.25, 0.3) is 0 Å². The number of rotatable bonds is 5. The molecule has 0 aliphatic rings. The molecule has 0 atom stereocenters. The molecule has 0 bridgehead atoms. The van der Waals surface area contributed by atoms with Crippen molar-refractivity contribution in [2.24, 2.45) is 0 Å². The Morgan fingerprint density at radius 2 is 1.81 bits per heavy atom. The van der Waals surface area contributed by atoms with Crippen molar-refractivity contribution in [3.05, 3.63) is 29.6 Å². The summed E-state index contributed by atoms with van der Waals surface area (Å²) in [7, 11) is 0. The highest BCUT2D eigenvalue weighted by atomic mass is 16.4. The van der Waals surface area contributed by atoms with E-state index in [1.165, 1.54) is 6.20 Å². The van der Waals surface area contributed by atoms with Gasteiger partial charge in [-0.1, -0.05) is 6.07 Å². The monoisotopic (exact) mass is 223 g/mol. The van der Waals surface area contributed by atoms with Gasteiger partial charge < -0.3 is 10.2 Å². The topological polar surface area (TPSA) is 87.5 Å². The van der Waals surface area contributed by atoms with E-state index in [-0.39, 0.29) is 12.8 Å². The molecule has 86 valence electrons. The van der Waals surface area contributed by atoms with Crippen LogP contribution >= 0.6 is 0 Å². The highest BCUT2D eigenvalue weighted by Gasteiger charge is 2.19. The molecule has 0 saturated carbocycles. The number of pyridine rings is 1. The Balaban J connectivity index is 2.86. The van der Waals surface area contributed by atoms with Gasteiger partial charge in [0.05, 0.1) is 12.8 Å². The molecule has 1 heterocycles. The van der Waals surface area contributed by atoms with Gasteiger partial charge in [-0.25, -0.2) is 0 Å². The lowest BCUT2D eigenvalue weighted by Crippen LogP contribution is -2.11. The molecule has 1 aromatic heterocycles. The lowest BCUT2D eigenvalue weighted by atomic mass is 9.94. The van der Waals surface area contributed by atoms with Gasteiger partial charge in [0.15, 0.2) is 0 Å². The van der Waals surface area contributed by atoms with Gasteiger partial charge in [-0.3, -0.25) is 14.6 Å². The number of carboxylic acid groups (broad SMARTS) is 2. The lowest BCUT2D eigenvalue weighted by Gasteiger charge is -2.12. The van der Waals surface area contributed by atoms with Crippen LogP contribution in [0.5, 0.6) is 0 Å². The van der Waals surface area contributed by atoms with Crippen molar-refractivity contribution in [1.82, 2.24) is 4.98 Å². The summed E-state index contributed by atoms with van der Waals surface area (Å²) in [6.45, 7) is 1.81. The zero-order valence-electron chi connectivity index (χ0n) is 8.88. The minimum absolute atomic E-state index is 0.197. The van der Waals surface area contributed by atoms with E-state index in [9.17, 15) is 9.59 Å². The average molecular weight is 223 g/mol. The molecule has 0 aromatic carbocycles. The van der Waals surface area contributed by atoms with Gasteiger partial charge in [-0.2, -0.15) is 0 Å². The molecule has 0 aliphatic carbocycles. The molecule has 0 radical (unpaired) electrons. The summed E-state index contributed by atoms with van der Waals surface area (Å²) in [6.07, 6.45) is 1.14. The normalized spacial score (nSPS) is 10.4. The standard InChI is InChI=1S/C11H13NO4/c1-7-2-3-8(6-12-7)9(4-10(13)14)5-11(15)16/h2-3,6,9H,4-5H2,1H3,(H,13,14)(H,15,16). The first-order chi connectivity index (χ1) is 7.49. The molecule has 0 unspecified atom stereocenters. The van der Waals surface area contributed by atoms with E-state index in [1.807, 2.05) is 6.92 Å². The van der Waals surface area contributed by atoms with Crippen LogP contribution in [0.15, 0.2) is 18.3 Å². The van der Waals surface area contributed by atoms with Gasteiger partial charge in [-0.15, -0.1) is 0 Å². The van der Waals surface area contributed by atoms with Crippen LogP contribution in [-0.2, 0) is 9.59 Å². The predicted octanol–water partition coefficient (Wildman–Crippen LogP) is 1.42. The second-order valence-electron chi connectivity index (χ2n) is 3.63. The maximum absolute atomic E-state index is 10.6. The molecule has 1 rings (SSSR count). The smallest absolute Gasteiger partial charge is 0.303 e. The number of aromatic nitrogens is 1. The lowest BCUT2D eigenvalue weighted by molar-refractivity contribution is -0.139. The van der Waals surface area contributed by atoms with Gasteiger partial charge in [0, 0.05) is 17.8 Å². The third-order valence-electron chi connectivity index (χ3n) is 2.25. The van der Waals surface area contributed by atoms with E-state index in [4.69, 9.17) is 10.2 Å². The Kier molecular flexibility index (Phi) is 3.99. The summed E-state index contributed by atoms with van der Waals surface area (Å²) < 4.78 is 0. The van der Waals surface area contributed by atoms with Crippen molar-refractivity contribution < 1.29 is 19.8 Å². The number of carboxylic acids is 2. The van der Waals surface area contributed by atoms with Crippen LogP contribution < -0.4 is 0 Å². The van der Waals surface area contributed by atoms with Crippen LogP contribution in [0.1, 0.15) is 30.0 Å². The molecule has 1 aromatic rings. The molecule has 5 heteroatoms. The molecule has 0 aliphatic heterocycles. The van der Waals surface area contributed by atoms with Gasteiger partial charge in [0.2, 0.25) is 0 Å². The van der Waals surface area contributed by atoms with Gasteiger partial charge >= 0.3 is 11.9 Å². The van der Waals surface area contributed by atoms with E-state index in [0.717, 1.165) is 5.69 Å². The number of carbonyl (C=O) groups is 2. The Morgan fingerprint density at radius 3 is 2.19 bits per heavy atom. The molecule has 0 spiro atoms. The molecular formula is C11H13NO4. The average Bonchev–Trinajstić information content (AvgIpc) is 2.16. The molecule has 16 heavy (non-hydrogen) atoms. The van der Waals surface area contributed by atoms with E-state index in [1.54, 1.807) is 12.1 Å². The highest BCUT2D eigenvalue weighted by molar-refractivity contribution is 5.72. The second kappa shape index (κ2) is 5.25. The van der Waals surface area contributed by atoms with E-state index >= 15 is 0 Å². The fourth-order valence-corrected chi connectivity index (χ4v) is 1.45. The van der Waals surface area contributed by atoms with Crippen LogP contribution in [0.3, 0.4) is 0 Å². The fraction of sp³-hybridized carbons (Fsp3) is 0.364. The molecule has 2 N–H and O–H groups in total. The largest absolute Gasteiger partial charge is 0.481 e. The molecular weight excluding hydrogens is 210 g/mol. The van der Waals surface area contributed by atoms with Crippen molar-refractivity contribution in [3.63, 3.8) is 0 Å². The second-order valence-corrected chi connectivity index (χ2v) is 3.63. The Labute approximate surface area is 92.8 Å². The Hall–Kier alpha value is -1.91. The van der Waals surface area contributed by atoms with E-state index in [2.05, 4.69) is 4.98 Å². The number of hydrogen-bond acceptors (Lipinski definition) is 3. The maximum atomic E-state index is 10.6. The Morgan fingerprint density at radius 1 is 1.25 bits per heavy atom. The van der Waals surface area contributed by atoms with Gasteiger partial charge in [-0.05, 0) is 18.6 Å². The quantitative estimate of drug-likeness (QED) is 0.788. The Bertz CT molecular complexity index is 369. The van der Waals surface area contributed by atoms with Crippen molar-refractivity contribution in [2.75, 3.05) is 0 Å².